The van der Waals surface area contributed by atoms with E-state index in [1.807, 2.05) is 0 Å². The Morgan fingerprint density at radius 3 is 2.44 bits per heavy atom. The predicted octanol–water partition coefficient (Wildman–Crippen LogP) is 3.69. The Morgan fingerprint density at radius 2 is 1.75 bits per heavy atom. The van der Waals surface area contributed by atoms with Crippen LogP contribution in [0, 0.1) is 0 Å². The van der Waals surface area contributed by atoms with Gasteiger partial charge in [-0.15, -0.1) is 0 Å². The average molecular weight is 275 g/mol. The zero-order valence-electron chi connectivity index (χ0n) is 7.92. The summed E-state index contributed by atoms with van der Waals surface area (Å²) in [6, 6.07) is 5.12. The molecule has 2 rings (SSSR count). The number of aromatic nitrogens is 2. The molecular weight excluding hydrogens is 268 g/mol. The Balaban J connectivity index is 2.59. The average Bonchev–Trinajstić information content (AvgIpc) is 2.26. The highest BCUT2D eigenvalue weighted by Gasteiger charge is 2.10. The lowest BCUT2D eigenvalue weighted by atomic mass is 10.1. The Labute approximate surface area is 107 Å². The standard InChI is InChI=1S/C10H6Cl3N3/c11-6-2-1-5(3-7(6)12)9-8(13)10(14)16-4-15-9/h1-4H,(H2,14,15,16). The van der Waals surface area contributed by atoms with E-state index in [4.69, 9.17) is 40.5 Å². The Bertz CT molecular complexity index is 543. The van der Waals surface area contributed by atoms with E-state index in [-0.39, 0.29) is 5.82 Å². The number of nitrogen functional groups attached to an aromatic ring is 1. The smallest absolute Gasteiger partial charge is 0.146 e. The first-order valence-electron chi connectivity index (χ1n) is 4.31. The molecule has 0 unspecified atom stereocenters. The number of rotatable bonds is 1. The van der Waals surface area contributed by atoms with Crippen LogP contribution in [0.1, 0.15) is 0 Å². The number of hydrogen-bond donors (Lipinski definition) is 1. The van der Waals surface area contributed by atoms with Crippen molar-refractivity contribution in [2.24, 2.45) is 0 Å². The quantitative estimate of drug-likeness (QED) is 0.863. The molecule has 0 aliphatic heterocycles. The first-order valence-corrected chi connectivity index (χ1v) is 5.44. The molecule has 0 bridgehead atoms. The molecule has 1 heterocycles. The molecule has 16 heavy (non-hydrogen) atoms. The second-order valence-electron chi connectivity index (χ2n) is 3.05. The van der Waals surface area contributed by atoms with E-state index < -0.39 is 0 Å². The van der Waals surface area contributed by atoms with E-state index in [2.05, 4.69) is 9.97 Å². The molecule has 0 aliphatic rings. The summed E-state index contributed by atoms with van der Waals surface area (Å²) in [5.74, 6) is 0.234. The van der Waals surface area contributed by atoms with Gasteiger partial charge >= 0.3 is 0 Å². The van der Waals surface area contributed by atoms with Crippen LogP contribution in [0.25, 0.3) is 11.3 Å². The van der Waals surface area contributed by atoms with Gasteiger partial charge in [-0.05, 0) is 12.1 Å². The zero-order valence-corrected chi connectivity index (χ0v) is 10.2. The van der Waals surface area contributed by atoms with Gasteiger partial charge in [0.15, 0.2) is 0 Å². The monoisotopic (exact) mass is 273 g/mol. The minimum absolute atomic E-state index is 0.234. The Hall–Kier alpha value is -1.03. The second kappa shape index (κ2) is 4.45. The number of hydrogen-bond acceptors (Lipinski definition) is 3. The van der Waals surface area contributed by atoms with Crippen LogP contribution < -0.4 is 5.73 Å². The highest BCUT2D eigenvalue weighted by molar-refractivity contribution is 6.42. The molecule has 2 N–H and O–H groups in total. The molecule has 0 fully saturated rings. The maximum absolute atomic E-state index is 5.99. The van der Waals surface area contributed by atoms with Crippen LogP contribution >= 0.6 is 34.8 Å². The lowest BCUT2D eigenvalue weighted by Crippen LogP contribution is -1.95. The summed E-state index contributed by atoms with van der Waals surface area (Å²) in [5.41, 5.74) is 6.86. The van der Waals surface area contributed by atoms with Crippen molar-refractivity contribution in [3.63, 3.8) is 0 Å². The number of nitrogens with two attached hydrogens (primary N) is 1. The molecule has 0 saturated carbocycles. The van der Waals surface area contributed by atoms with Crippen molar-refractivity contribution in [3.05, 3.63) is 39.6 Å². The molecule has 0 amide bonds. The van der Waals surface area contributed by atoms with Crippen LogP contribution in [0.5, 0.6) is 0 Å². The van der Waals surface area contributed by atoms with Crippen molar-refractivity contribution in [1.82, 2.24) is 9.97 Å². The molecule has 0 spiro atoms. The summed E-state index contributed by atoms with van der Waals surface area (Å²) < 4.78 is 0. The summed E-state index contributed by atoms with van der Waals surface area (Å²) in [7, 11) is 0. The van der Waals surface area contributed by atoms with Gasteiger partial charge < -0.3 is 5.73 Å². The largest absolute Gasteiger partial charge is 0.382 e. The summed E-state index contributed by atoms with van der Waals surface area (Å²) in [5, 5.41) is 1.22. The first kappa shape index (κ1) is 11.5. The third-order valence-corrected chi connectivity index (χ3v) is 3.12. The van der Waals surface area contributed by atoms with Crippen LogP contribution in [-0.2, 0) is 0 Å². The van der Waals surface area contributed by atoms with Crippen molar-refractivity contribution in [2.45, 2.75) is 0 Å². The highest BCUT2D eigenvalue weighted by Crippen LogP contribution is 2.32. The van der Waals surface area contributed by atoms with Crippen molar-refractivity contribution >= 4 is 40.6 Å². The van der Waals surface area contributed by atoms with Crippen LogP contribution in [0.4, 0.5) is 5.82 Å². The van der Waals surface area contributed by atoms with Gasteiger partial charge in [-0.3, -0.25) is 0 Å². The molecule has 3 nitrogen and oxygen atoms in total. The summed E-state index contributed by atoms with van der Waals surface area (Å²) in [6.07, 6.45) is 1.35. The fraction of sp³-hybridized carbons (Fsp3) is 0. The SMILES string of the molecule is Nc1ncnc(-c2ccc(Cl)c(Cl)c2)c1Cl. The summed E-state index contributed by atoms with van der Waals surface area (Å²) in [6.45, 7) is 0. The molecule has 0 atom stereocenters. The number of halogens is 3. The molecule has 1 aromatic heterocycles. The predicted molar refractivity (Wildman–Crippen MR) is 66.9 cm³/mol. The number of anilines is 1. The molecule has 2 aromatic rings. The van der Waals surface area contributed by atoms with Crippen molar-refractivity contribution < 1.29 is 0 Å². The summed E-state index contributed by atoms with van der Waals surface area (Å²) in [4.78, 5) is 7.84. The maximum Gasteiger partial charge on any atom is 0.146 e. The van der Waals surface area contributed by atoms with Crippen LogP contribution in [0.15, 0.2) is 24.5 Å². The van der Waals surface area contributed by atoms with Crippen LogP contribution in [0.3, 0.4) is 0 Å². The Morgan fingerprint density at radius 1 is 1.00 bits per heavy atom. The lowest BCUT2D eigenvalue weighted by Gasteiger charge is -2.05. The minimum Gasteiger partial charge on any atom is -0.382 e. The van der Waals surface area contributed by atoms with Crippen molar-refractivity contribution in [1.29, 1.82) is 0 Å². The number of benzene rings is 1. The van der Waals surface area contributed by atoms with Gasteiger partial charge in [-0.25, -0.2) is 9.97 Å². The minimum atomic E-state index is 0.234. The van der Waals surface area contributed by atoms with Gasteiger partial charge in [0, 0.05) is 5.56 Å². The molecular formula is C10H6Cl3N3. The van der Waals surface area contributed by atoms with Gasteiger partial charge in [-0.1, -0.05) is 40.9 Å². The van der Waals surface area contributed by atoms with E-state index in [1.54, 1.807) is 18.2 Å². The molecule has 0 saturated heterocycles. The van der Waals surface area contributed by atoms with Gasteiger partial charge in [0.25, 0.3) is 0 Å². The third kappa shape index (κ3) is 2.07. The molecule has 0 radical (unpaired) electrons. The topological polar surface area (TPSA) is 51.8 Å². The van der Waals surface area contributed by atoms with E-state index in [0.717, 1.165) is 5.56 Å². The molecule has 82 valence electrons. The normalized spacial score (nSPS) is 10.4. The van der Waals surface area contributed by atoms with Crippen LogP contribution in [0.2, 0.25) is 15.1 Å². The first-order chi connectivity index (χ1) is 7.59. The second-order valence-corrected chi connectivity index (χ2v) is 4.24. The van der Waals surface area contributed by atoms with Gasteiger partial charge in [0.2, 0.25) is 0 Å². The fourth-order valence-electron chi connectivity index (χ4n) is 1.23. The Kier molecular flexibility index (Phi) is 3.19. The molecule has 1 aromatic carbocycles. The van der Waals surface area contributed by atoms with Crippen molar-refractivity contribution in [2.75, 3.05) is 5.73 Å². The fourth-order valence-corrected chi connectivity index (χ4v) is 1.73. The van der Waals surface area contributed by atoms with Gasteiger partial charge in [0.1, 0.15) is 17.2 Å². The third-order valence-electron chi connectivity index (χ3n) is 2.01. The zero-order chi connectivity index (χ0) is 11.7. The maximum atomic E-state index is 5.99. The molecule has 0 aliphatic carbocycles. The van der Waals surface area contributed by atoms with E-state index >= 15 is 0 Å². The summed E-state index contributed by atoms with van der Waals surface area (Å²) >= 11 is 17.7. The lowest BCUT2D eigenvalue weighted by molar-refractivity contribution is 1.18. The van der Waals surface area contributed by atoms with Gasteiger partial charge in [0.05, 0.1) is 15.7 Å². The number of nitrogens with zero attached hydrogens (tertiary/aromatic N) is 2. The highest BCUT2D eigenvalue weighted by atomic mass is 35.5. The van der Waals surface area contributed by atoms with E-state index in [1.165, 1.54) is 6.33 Å². The van der Waals surface area contributed by atoms with E-state index in [0.29, 0.717) is 20.8 Å². The van der Waals surface area contributed by atoms with E-state index in [9.17, 15) is 0 Å². The van der Waals surface area contributed by atoms with Crippen molar-refractivity contribution in [3.8, 4) is 11.3 Å². The van der Waals surface area contributed by atoms with Crippen LogP contribution in [-0.4, -0.2) is 9.97 Å². The van der Waals surface area contributed by atoms with Gasteiger partial charge in [-0.2, -0.15) is 0 Å². The molecule has 6 heteroatoms.